The van der Waals surface area contributed by atoms with Gasteiger partial charge in [0.15, 0.2) is 7.98 Å². The number of likely N-dealkylation sites (tertiary alicyclic amines) is 1. The Morgan fingerprint density at radius 3 is 2.55 bits per heavy atom. The summed E-state index contributed by atoms with van der Waals surface area (Å²) in [4.78, 5) is 5.03. The second-order valence-electron chi connectivity index (χ2n) is 4.24. The predicted octanol–water partition coefficient (Wildman–Crippen LogP) is -0.295. The summed E-state index contributed by atoms with van der Waals surface area (Å²) in [6.07, 6.45) is 4.22. The molecule has 2 aliphatic heterocycles. The summed E-state index contributed by atoms with van der Waals surface area (Å²) in [5, 5.41) is 0. The lowest BCUT2D eigenvalue weighted by molar-refractivity contribution is 0.249. The van der Waals surface area contributed by atoms with Crippen molar-refractivity contribution in [3.63, 3.8) is 0 Å². The fraction of sp³-hybridized carbons (Fsp3) is 1.00. The van der Waals surface area contributed by atoms with Gasteiger partial charge in [-0.2, -0.15) is 0 Å². The summed E-state index contributed by atoms with van der Waals surface area (Å²) < 4.78 is 0. The first-order valence-electron chi connectivity index (χ1n) is 4.63. The third-order valence-electron chi connectivity index (χ3n) is 3.47. The van der Waals surface area contributed by atoms with Crippen molar-refractivity contribution in [1.82, 2.24) is 9.71 Å². The molecule has 1 unspecified atom stereocenters. The first-order valence-corrected chi connectivity index (χ1v) is 4.63. The Balaban J connectivity index is 2.10. The van der Waals surface area contributed by atoms with Crippen molar-refractivity contribution in [2.75, 3.05) is 26.7 Å². The maximum Gasteiger partial charge on any atom is 0.186 e. The molecular weight excluding hydrogens is 135 g/mol. The minimum Gasteiger partial charge on any atom is -0.343 e. The van der Waals surface area contributed by atoms with E-state index < -0.39 is 0 Å². The van der Waals surface area contributed by atoms with E-state index in [0.717, 1.165) is 0 Å². The van der Waals surface area contributed by atoms with Gasteiger partial charge in [0.05, 0.1) is 0 Å². The van der Waals surface area contributed by atoms with Crippen molar-refractivity contribution in [1.29, 1.82) is 0 Å². The first-order chi connectivity index (χ1) is 5.23. The monoisotopic (exact) mass is 152 g/mol. The molecule has 0 radical (unpaired) electrons. The van der Waals surface area contributed by atoms with Crippen LogP contribution in [-0.4, -0.2) is 49.9 Å². The molecule has 0 saturated carbocycles. The quantitative estimate of drug-likeness (QED) is 0.440. The molecule has 0 aliphatic carbocycles. The Bertz CT molecular complexity index is 162. The summed E-state index contributed by atoms with van der Waals surface area (Å²) in [5.41, 5.74) is 0.578. The Morgan fingerprint density at radius 2 is 2.09 bits per heavy atom. The highest BCUT2D eigenvalue weighted by atomic mass is 15.2. The number of hydrogen-bond acceptors (Lipinski definition) is 2. The maximum atomic E-state index is 2.57. The zero-order valence-electron chi connectivity index (χ0n) is 7.64. The van der Waals surface area contributed by atoms with Gasteiger partial charge in [-0.25, -0.2) is 0 Å². The molecule has 0 aromatic heterocycles. The van der Waals surface area contributed by atoms with Crippen LogP contribution >= 0.6 is 0 Å². The van der Waals surface area contributed by atoms with Crippen LogP contribution < -0.4 is 0 Å². The first kappa shape index (κ1) is 7.62. The van der Waals surface area contributed by atoms with E-state index >= 15 is 0 Å². The van der Waals surface area contributed by atoms with E-state index in [1.807, 2.05) is 0 Å². The van der Waals surface area contributed by atoms with Crippen LogP contribution in [0.5, 0.6) is 0 Å². The average molecular weight is 152 g/mol. The summed E-state index contributed by atoms with van der Waals surface area (Å²) in [6, 6.07) is 0. The molecule has 0 bridgehead atoms. The lowest BCUT2D eigenvalue weighted by atomic mass is 9.93. The number of nitrogens with zero attached hydrogens (tertiary/aromatic N) is 2. The van der Waals surface area contributed by atoms with Gasteiger partial charge in [-0.3, -0.25) is 0 Å². The molecule has 0 amide bonds. The van der Waals surface area contributed by atoms with E-state index in [4.69, 9.17) is 0 Å². The van der Waals surface area contributed by atoms with Gasteiger partial charge in [-0.15, -0.1) is 0 Å². The van der Waals surface area contributed by atoms with E-state index in [1.165, 1.54) is 38.9 Å². The van der Waals surface area contributed by atoms with Crippen LogP contribution in [0, 0.1) is 0 Å². The van der Waals surface area contributed by atoms with Gasteiger partial charge < -0.3 is 9.71 Å². The lowest BCUT2D eigenvalue weighted by Crippen LogP contribution is -2.44. The zero-order chi connectivity index (χ0) is 7.90. The zero-order valence-corrected chi connectivity index (χ0v) is 7.64. The van der Waals surface area contributed by atoms with Crippen LogP contribution in [-0.2, 0) is 0 Å². The molecule has 2 aliphatic rings. The van der Waals surface area contributed by atoms with Crippen LogP contribution in [0.25, 0.3) is 0 Å². The molecule has 11 heavy (non-hydrogen) atoms. The minimum absolute atomic E-state index is 0.578. The molecule has 1 spiro atoms. The Kier molecular flexibility index (Phi) is 1.73. The molecule has 2 fully saturated rings. The summed E-state index contributed by atoms with van der Waals surface area (Å²) in [5.74, 6) is 0. The van der Waals surface area contributed by atoms with Crippen LogP contribution in [0.4, 0.5) is 0 Å². The molecular formula is C8H17BN2. The molecule has 2 rings (SSSR count). The molecule has 0 N–H and O–H groups in total. The molecule has 0 aromatic rings. The standard InChI is InChI=1S/C8H17BN2/c1-10-6-4-8(7-10)3-2-5-11(8)9/h2-7,9H2,1H3. The topological polar surface area (TPSA) is 6.48 Å². The van der Waals surface area contributed by atoms with Crippen molar-refractivity contribution < 1.29 is 0 Å². The van der Waals surface area contributed by atoms with Crippen LogP contribution in [0.1, 0.15) is 19.3 Å². The second kappa shape index (κ2) is 2.49. The van der Waals surface area contributed by atoms with Gasteiger partial charge in [0.1, 0.15) is 0 Å². The van der Waals surface area contributed by atoms with Crippen molar-refractivity contribution in [2.24, 2.45) is 0 Å². The summed E-state index contributed by atoms with van der Waals surface area (Å²) in [7, 11) is 4.52. The highest BCUT2D eigenvalue weighted by molar-refractivity contribution is 6.05. The third-order valence-corrected chi connectivity index (χ3v) is 3.47. The molecule has 62 valence electrons. The molecule has 2 saturated heterocycles. The largest absolute Gasteiger partial charge is 0.343 e. The highest BCUT2D eigenvalue weighted by Crippen LogP contribution is 2.35. The SMILES string of the molecule is BN1CCCC12CCN(C)C2. The number of hydrogen-bond donors (Lipinski definition) is 0. The van der Waals surface area contributed by atoms with Gasteiger partial charge in [0.2, 0.25) is 0 Å². The summed E-state index contributed by atoms with van der Waals surface area (Å²) >= 11 is 0. The molecule has 3 heteroatoms. The van der Waals surface area contributed by atoms with Crippen LogP contribution in [0.3, 0.4) is 0 Å². The summed E-state index contributed by atoms with van der Waals surface area (Å²) in [6.45, 7) is 3.90. The van der Waals surface area contributed by atoms with E-state index in [-0.39, 0.29) is 0 Å². The minimum atomic E-state index is 0.578. The van der Waals surface area contributed by atoms with E-state index in [9.17, 15) is 0 Å². The molecule has 2 nitrogen and oxygen atoms in total. The second-order valence-corrected chi connectivity index (χ2v) is 4.24. The number of likely N-dealkylation sites (N-methyl/N-ethyl adjacent to an activating group) is 1. The Morgan fingerprint density at radius 1 is 1.27 bits per heavy atom. The van der Waals surface area contributed by atoms with E-state index in [0.29, 0.717) is 5.54 Å². The van der Waals surface area contributed by atoms with Crippen LogP contribution in [0.15, 0.2) is 0 Å². The van der Waals surface area contributed by atoms with Gasteiger partial charge >= 0.3 is 0 Å². The van der Waals surface area contributed by atoms with Gasteiger partial charge in [-0.05, 0) is 39.4 Å². The fourth-order valence-corrected chi connectivity index (χ4v) is 2.65. The molecule has 0 aromatic carbocycles. The van der Waals surface area contributed by atoms with Gasteiger partial charge in [0, 0.05) is 12.1 Å². The van der Waals surface area contributed by atoms with E-state index in [2.05, 4.69) is 24.7 Å². The highest BCUT2D eigenvalue weighted by Gasteiger charge is 2.42. The van der Waals surface area contributed by atoms with Crippen molar-refractivity contribution in [3.8, 4) is 0 Å². The van der Waals surface area contributed by atoms with Gasteiger partial charge in [0.25, 0.3) is 0 Å². The Hall–Kier alpha value is -0.0151. The lowest BCUT2D eigenvalue weighted by Gasteiger charge is -2.32. The van der Waals surface area contributed by atoms with Gasteiger partial charge in [-0.1, -0.05) is 0 Å². The molecule has 2 heterocycles. The smallest absolute Gasteiger partial charge is 0.186 e. The number of rotatable bonds is 0. The maximum absolute atomic E-state index is 2.57. The van der Waals surface area contributed by atoms with Crippen molar-refractivity contribution in [2.45, 2.75) is 24.8 Å². The molecule has 1 atom stereocenters. The third kappa shape index (κ3) is 1.11. The van der Waals surface area contributed by atoms with Crippen LogP contribution in [0.2, 0.25) is 0 Å². The normalized spacial score (nSPS) is 40.8. The Labute approximate surface area is 70.0 Å². The predicted molar refractivity (Wildman–Crippen MR) is 49.3 cm³/mol. The van der Waals surface area contributed by atoms with Crippen molar-refractivity contribution >= 4 is 7.98 Å². The average Bonchev–Trinajstić information content (AvgIpc) is 2.46. The van der Waals surface area contributed by atoms with Crippen molar-refractivity contribution in [3.05, 3.63) is 0 Å². The van der Waals surface area contributed by atoms with E-state index in [1.54, 1.807) is 0 Å². The fourth-order valence-electron chi connectivity index (χ4n) is 2.65.